The van der Waals surface area contributed by atoms with Gasteiger partial charge in [-0.05, 0) is 37.5 Å². The zero-order valence-electron chi connectivity index (χ0n) is 10.7. The number of anilines is 1. The van der Waals surface area contributed by atoms with E-state index in [-0.39, 0.29) is 23.1 Å². The van der Waals surface area contributed by atoms with Crippen LogP contribution in [0.4, 0.5) is 5.69 Å². The van der Waals surface area contributed by atoms with Crippen molar-refractivity contribution < 1.29 is 18.3 Å². The quantitative estimate of drug-likeness (QED) is 0.882. The second-order valence-electron chi connectivity index (χ2n) is 4.88. The van der Waals surface area contributed by atoms with E-state index < -0.39 is 15.8 Å². The van der Waals surface area contributed by atoms with Gasteiger partial charge in [-0.15, -0.1) is 0 Å². The lowest BCUT2D eigenvalue weighted by atomic mass is 10.1. The molecule has 1 aromatic rings. The smallest absolute Gasteiger partial charge is 0.336 e. The predicted molar refractivity (Wildman–Crippen MR) is 73.4 cm³/mol. The van der Waals surface area contributed by atoms with Gasteiger partial charge in [-0.25, -0.2) is 13.2 Å². The van der Waals surface area contributed by atoms with Gasteiger partial charge >= 0.3 is 5.97 Å². The van der Waals surface area contributed by atoms with Crippen LogP contribution in [0.2, 0.25) is 0 Å². The summed E-state index contributed by atoms with van der Waals surface area (Å²) < 4.78 is 23.2. The molecule has 0 aliphatic carbocycles. The van der Waals surface area contributed by atoms with Crippen LogP contribution in [0.3, 0.4) is 0 Å². The van der Waals surface area contributed by atoms with Crippen LogP contribution >= 0.6 is 0 Å². The van der Waals surface area contributed by atoms with Crippen molar-refractivity contribution in [1.29, 1.82) is 0 Å². The third-order valence-corrected chi connectivity index (χ3v) is 5.21. The molecular weight excluding hydrogens is 266 g/mol. The Kier molecular flexibility index (Phi) is 3.80. The first-order chi connectivity index (χ1) is 8.89. The highest BCUT2D eigenvalue weighted by molar-refractivity contribution is 7.91. The third kappa shape index (κ3) is 3.26. The molecule has 0 saturated carbocycles. The molecular formula is C13H17NO4S. The van der Waals surface area contributed by atoms with Gasteiger partial charge in [-0.1, -0.05) is 6.07 Å². The highest BCUT2D eigenvalue weighted by Gasteiger charge is 2.25. The Labute approximate surface area is 112 Å². The van der Waals surface area contributed by atoms with E-state index in [1.165, 1.54) is 0 Å². The highest BCUT2D eigenvalue weighted by Crippen LogP contribution is 2.23. The fourth-order valence-corrected chi connectivity index (χ4v) is 4.02. The van der Waals surface area contributed by atoms with Gasteiger partial charge in [0.25, 0.3) is 0 Å². The Balaban J connectivity index is 2.20. The van der Waals surface area contributed by atoms with Crippen molar-refractivity contribution in [1.82, 2.24) is 0 Å². The minimum Gasteiger partial charge on any atom is -0.478 e. The van der Waals surface area contributed by atoms with Gasteiger partial charge in [-0.2, -0.15) is 0 Å². The molecule has 1 heterocycles. The van der Waals surface area contributed by atoms with Crippen LogP contribution in [0.25, 0.3) is 0 Å². The van der Waals surface area contributed by atoms with Gasteiger partial charge in [0.2, 0.25) is 0 Å². The molecule has 1 atom stereocenters. The summed E-state index contributed by atoms with van der Waals surface area (Å²) >= 11 is 0. The molecule has 1 saturated heterocycles. The largest absolute Gasteiger partial charge is 0.478 e. The van der Waals surface area contributed by atoms with Crippen molar-refractivity contribution >= 4 is 21.5 Å². The van der Waals surface area contributed by atoms with E-state index >= 15 is 0 Å². The Bertz CT molecular complexity index is 595. The lowest BCUT2D eigenvalue weighted by Gasteiger charge is -2.25. The molecule has 1 aliphatic rings. The van der Waals surface area contributed by atoms with Crippen LogP contribution in [0, 0.1) is 6.92 Å². The number of hydrogen-bond donors (Lipinski definition) is 2. The molecule has 19 heavy (non-hydrogen) atoms. The first-order valence-corrected chi connectivity index (χ1v) is 8.01. The average molecular weight is 283 g/mol. The molecule has 0 bridgehead atoms. The summed E-state index contributed by atoms with van der Waals surface area (Å²) in [6.45, 7) is 1.73. The molecule has 1 unspecified atom stereocenters. The first kappa shape index (κ1) is 13.9. The number of aromatic carboxylic acids is 1. The maximum Gasteiger partial charge on any atom is 0.336 e. The average Bonchev–Trinajstić information content (AvgIpc) is 2.30. The molecule has 2 N–H and O–H groups in total. The monoisotopic (exact) mass is 283 g/mol. The van der Waals surface area contributed by atoms with Crippen molar-refractivity contribution in [3.05, 3.63) is 29.3 Å². The number of carboxylic acid groups (broad SMARTS) is 1. The SMILES string of the molecule is Cc1c(NC2CCCS(=O)(=O)C2)cccc1C(=O)O. The second-order valence-corrected chi connectivity index (χ2v) is 7.11. The summed E-state index contributed by atoms with van der Waals surface area (Å²) in [6.07, 6.45) is 1.44. The number of sulfone groups is 1. The van der Waals surface area contributed by atoms with Crippen LogP contribution in [-0.2, 0) is 9.84 Å². The van der Waals surface area contributed by atoms with E-state index in [1.807, 2.05) is 0 Å². The molecule has 0 spiro atoms. The summed E-state index contributed by atoms with van der Waals surface area (Å²) in [7, 11) is -2.97. The van der Waals surface area contributed by atoms with Crippen LogP contribution in [-0.4, -0.2) is 37.0 Å². The number of nitrogens with one attached hydrogen (secondary N) is 1. The number of benzene rings is 1. The van der Waals surface area contributed by atoms with Crippen molar-refractivity contribution in [2.45, 2.75) is 25.8 Å². The van der Waals surface area contributed by atoms with Crippen molar-refractivity contribution in [3.8, 4) is 0 Å². The van der Waals surface area contributed by atoms with Crippen molar-refractivity contribution in [2.75, 3.05) is 16.8 Å². The van der Waals surface area contributed by atoms with Crippen molar-refractivity contribution in [2.24, 2.45) is 0 Å². The first-order valence-electron chi connectivity index (χ1n) is 6.19. The maximum absolute atomic E-state index is 11.6. The van der Waals surface area contributed by atoms with Gasteiger partial charge in [-0.3, -0.25) is 0 Å². The van der Waals surface area contributed by atoms with Gasteiger partial charge in [0.05, 0.1) is 17.1 Å². The molecule has 6 heteroatoms. The molecule has 1 aromatic carbocycles. The summed E-state index contributed by atoms with van der Waals surface area (Å²) in [5, 5.41) is 12.2. The summed E-state index contributed by atoms with van der Waals surface area (Å²) in [4.78, 5) is 11.0. The molecule has 1 fully saturated rings. The number of carbonyl (C=O) groups is 1. The fraction of sp³-hybridized carbons (Fsp3) is 0.462. The van der Waals surface area contributed by atoms with Gasteiger partial charge < -0.3 is 10.4 Å². The fourth-order valence-electron chi connectivity index (χ4n) is 2.38. The summed E-state index contributed by atoms with van der Waals surface area (Å²) in [5.74, 6) is -0.610. The van der Waals surface area contributed by atoms with Crippen LogP contribution in [0.15, 0.2) is 18.2 Å². The van der Waals surface area contributed by atoms with Gasteiger partial charge in [0.15, 0.2) is 9.84 Å². The Morgan fingerprint density at radius 1 is 1.42 bits per heavy atom. The molecule has 1 aliphatic heterocycles. The van der Waals surface area contributed by atoms with Crippen LogP contribution < -0.4 is 5.32 Å². The summed E-state index contributed by atoms with van der Waals surface area (Å²) in [5.41, 5.74) is 1.57. The third-order valence-electron chi connectivity index (χ3n) is 3.39. The minimum absolute atomic E-state index is 0.115. The number of rotatable bonds is 3. The molecule has 0 aromatic heterocycles. The minimum atomic E-state index is -2.97. The lowest BCUT2D eigenvalue weighted by Crippen LogP contribution is -2.35. The molecule has 0 radical (unpaired) electrons. The molecule has 104 valence electrons. The van der Waals surface area contributed by atoms with E-state index in [2.05, 4.69) is 5.32 Å². The van der Waals surface area contributed by atoms with Crippen LogP contribution in [0.5, 0.6) is 0 Å². The summed E-state index contributed by atoms with van der Waals surface area (Å²) in [6, 6.07) is 4.85. The Morgan fingerprint density at radius 3 is 2.79 bits per heavy atom. The number of carboxylic acids is 1. The number of hydrogen-bond acceptors (Lipinski definition) is 4. The van der Waals surface area contributed by atoms with E-state index in [0.29, 0.717) is 17.7 Å². The normalized spacial score (nSPS) is 21.8. The van der Waals surface area contributed by atoms with E-state index in [1.54, 1.807) is 25.1 Å². The standard InChI is InChI=1S/C13H17NO4S/c1-9-11(13(15)16)5-2-6-12(9)14-10-4-3-7-19(17,18)8-10/h2,5-6,10,14H,3-4,7-8H2,1H3,(H,15,16). The highest BCUT2D eigenvalue weighted by atomic mass is 32.2. The van der Waals surface area contributed by atoms with Crippen molar-refractivity contribution in [3.63, 3.8) is 0 Å². The zero-order valence-corrected chi connectivity index (χ0v) is 11.5. The predicted octanol–water partition coefficient (Wildman–Crippen LogP) is 1.68. The van der Waals surface area contributed by atoms with E-state index in [9.17, 15) is 13.2 Å². The Morgan fingerprint density at radius 2 is 2.16 bits per heavy atom. The van der Waals surface area contributed by atoms with Gasteiger partial charge in [0, 0.05) is 11.7 Å². The molecule has 2 rings (SSSR count). The zero-order chi connectivity index (χ0) is 14.0. The lowest BCUT2D eigenvalue weighted by molar-refractivity contribution is 0.0696. The van der Waals surface area contributed by atoms with E-state index in [4.69, 9.17) is 5.11 Å². The molecule has 5 nitrogen and oxygen atoms in total. The topological polar surface area (TPSA) is 83.5 Å². The second kappa shape index (κ2) is 5.21. The van der Waals surface area contributed by atoms with Gasteiger partial charge in [0.1, 0.15) is 0 Å². The molecule has 0 amide bonds. The van der Waals surface area contributed by atoms with E-state index in [0.717, 1.165) is 6.42 Å². The van der Waals surface area contributed by atoms with Crippen LogP contribution in [0.1, 0.15) is 28.8 Å². The Hall–Kier alpha value is -1.56. The maximum atomic E-state index is 11.6.